The summed E-state index contributed by atoms with van der Waals surface area (Å²) in [4.78, 5) is 22.2. The summed E-state index contributed by atoms with van der Waals surface area (Å²) in [6, 6.07) is 3.93. The van der Waals surface area contributed by atoms with Crippen LogP contribution in [0.15, 0.2) is 24.3 Å². The number of hydrogen-bond acceptors (Lipinski definition) is 2. The van der Waals surface area contributed by atoms with E-state index in [1.54, 1.807) is 0 Å². The van der Waals surface area contributed by atoms with E-state index >= 15 is 0 Å². The number of primary amides is 1. The lowest BCUT2D eigenvalue weighted by Gasteiger charge is -2.21. The van der Waals surface area contributed by atoms with E-state index in [9.17, 15) is 22.8 Å². The Morgan fingerprint density at radius 1 is 1.21 bits per heavy atom. The number of carboxylic acids is 1. The molecule has 0 saturated heterocycles. The summed E-state index contributed by atoms with van der Waals surface area (Å²) >= 11 is 0. The highest BCUT2D eigenvalue weighted by Crippen LogP contribution is 2.30. The molecule has 1 amide bonds. The first kappa shape index (κ1) is 15.0. The van der Waals surface area contributed by atoms with Crippen molar-refractivity contribution in [3.05, 3.63) is 35.4 Å². The molecule has 1 aromatic rings. The molecule has 0 heterocycles. The second-order valence-electron chi connectivity index (χ2n) is 4.37. The normalized spacial score (nSPS) is 14.7. The molecule has 1 rings (SSSR count). The summed E-state index contributed by atoms with van der Waals surface area (Å²) in [5.74, 6) is -2.46. The van der Waals surface area contributed by atoms with E-state index < -0.39 is 29.0 Å². The van der Waals surface area contributed by atoms with Gasteiger partial charge in [0, 0.05) is 0 Å². The predicted octanol–water partition coefficient (Wildman–Crippen LogP) is 1.82. The van der Waals surface area contributed by atoms with Gasteiger partial charge in [-0.25, -0.2) is 0 Å². The maximum atomic E-state index is 12.3. The number of benzene rings is 1. The van der Waals surface area contributed by atoms with E-state index in [0.29, 0.717) is 0 Å². The fourth-order valence-electron chi connectivity index (χ4n) is 1.49. The summed E-state index contributed by atoms with van der Waals surface area (Å²) in [5.41, 5.74) is 2.62. The molecule has 0 fully saturated rings. The highest BCUT2D eigenvalue weighted by Gasteiger charge is 2.40. The Bertz CT molecular complexity index is 480. The van der Waals surface area contributed by atoms with Gasteiger partial charge in [0.1, 0.15) is 5.41 Å². The molecule has 1 atom stereocenters. The zero-order valence-corrected chi connectivity index (χ0v) is 9.99. The molecular formula is C12H12F3NO3. The zero-order valence-electron chi connectivity index (χ0n) is 9.99. The van der Waals surface area contributed by atoms with Crippen LogP contribution in [0.4, 0.5) is 13.2 Å². The van der Waals surface area contributed by atoms with Gasteiger partial charge in [0.25, 0.3) is 0 Å². The van der Waals surface area contributed by atoms with E-state index in [0.717, 1.165) is 31.2 Å². The second-order valence-corrected chi connectivity index (χ2v) is 4.37. The van der Waals surface area contributed by atoms with Gasteiger partial charge in [-0.1, -0.05) is 12.1 Å². The van der Waals surface area contributed by atoms with Crippen molar-refractivity contribution in [1.82, 2.24) is 0 Å². The standard InChI is InChI=1S/C12H12F3NO3/c1-11(9(16)17,10(18)19)6-7-2-4-8(5-3-7)12(13,14)15/h2-5H,6H2,1H3,(H2,16,17)(H,18,19). The fourth-order valence-corrected chi connectivity index (χ4v) is 1.49. The van der Waals surface area contributed by atoms with Crippen molar-refractivity contribution in [3.63, 3.8) is 0 Å². The maximum absolute atomic E-state index is 12.3. The largest absolute Gasteiger partial charge is 0.480 e. The first-order valence-electron chi connectivity index (χ1n) is 5.27. The maximum Gasteiger partial charge on any atom is 0.416 e. The average molecular weight is 275 g/mol. The Balaban J connectivity index is 3.00. The third-order valence-electron chi connectivity index (χ3n) is 2.85. The molecule has 1 unspecified atom stereocenters. The molecule has 0 aliphatic carbocycles. The molecule has 4 nitrogen and oxygen atoms in total. The molecule has 1 aromatic carbocycles. The van der Waals surface area contributed by atoms with Crippen molar-refractivity contribution in [1.29, 1.82) is 0 Å². The van der Waals surface area contributed by atoms with Crippen molar-refractivity contribution in [2.24, 2.45) is 11.1 Å². The van der Waals surface area contributed by atoms with Gasteiger partial charge in [-0.2, -0.15) is 13.2 Å². The van der Waals surface area contributed by atoms with E-state index in [2.05, 4.69) is 0 Å². The Hall–Kier alpha value is -2.05. The van der Waals surface area contributed by atoms with Gasteiger partial charge < -0.3 is 10.8 Å². The first-order chi connectivity index (χ1) is 8.57. The number of alkyl halides is 3. The van der Waals surface area contributed by atoms with E-state index in [1.807, 2.05) is 0 Å². The summed E-state index contributed by atoms with van der Waals surface area (Å²) in [6.07, 6.45) is -4.73. The lowest BCUT2D eigenvalue weighted by atomic mass is 9.83. The lowest BCUT2D eigenvalue weighted by Crippen LogP contribution is -2.43. The summed E-state index contributed by atoms with van der Waals surface area (Å²) in [5, 5.41) is 8.97. The number of carboxylic acid groups (broad SMARTS) is 1. The first-order valence-corrected chi connectivity index (χ1v) is 5.27. The third kappa shape index (κ3) is 3.24. The average Bonchev–Trinajstić information content (AvgIpc) is 2.27. The molecule has 0 radical (unpaired) electrons. The van der Waals surface area contributed by atoms with Crippen LogP contribution < -0.4 is 5.73 Å². The van der Waals surface area contributed by atoms with Crippen molar-refractivity contribution in [3.8, 4) is 0 Å². The van der Waals surface area contributed by atoms with Crippen LogP contribution in [0.3, 0.4) is 0 Å². The smallest absolute Gasteiger partial charge is 0.416 e. The molecule has 0 aromatic heterocycles. The van der Waals surface area contributed by atoms with E-state index in [1.165, 1.54) is 0 Å². The van der Waals surface area contributed by atoms with Gasteiger partial charge in [-0.05, 0) is 31.0 Å². The molecule has 0 aliphatic rings. The van der Waals surface area contributed by atoms with Crippen LogP contribution in [0.5, 0.6) is 0 Å². The van der Waals surface area contributed by atoms with Crippen molar-refractivity contribution < 1.29 is 27.9 Å². The number of halogens is 3. The second kappa shape index (κ2) is 4.91. The minimum Gasteiger partial charge on any atom is -0.480 e. The molecule has 0 bridgehead atoms. The topological polar surface area (TPSA) is 80.4 Å². The minimum atomic E-state index is -4.46. The van der Waals surface area contributed by atoms with Crippen LogP contribution in [0, 0.1) is 5.41 Å². The third-order valence-corrected chi connectivity index (χ3v) is 2.85. The van der Waals surface area contributed by atoms with Crippen molar-refractivity contribution in [2.75, 3.05) is 0 Å². The van der Waals surface area contributed by atoms with Gasteiger partial charge in [0.15, 0.2) is 0 Å². The molecule has 0 aliphatic heterocycles. The van der Waals surface area contributed by atoms with Crippen molar-refractivity contribution >= 4 is 11.9 Å². The predicted molar refractivity (Wildman–Crippen MR) is 60.1 cm³/mol. The fraction of sp³-hybridized carbons (Fsp3) is 0.333. The van der Waals surface area contributed by atoms with Crippen LogP contribution in [-0.2, 0) is 22.2 Å². The Morgan fingerprint density at radius 3 is 2.00 bits per heavy atom. The monoisotopic (exact) mass is 275 g/mol. The quantitative estimate of drug-likeness (QED) is 0.822. The SMILES string of the molecule is CC(Cc1ccc(C(F)(F)F)cc1)(C(N)=O)C(=O)O. The number of amides is 1. The van der Waals surface area contributed by atoms with E-state index in [4.69, 9.17) is 10.8 Å². The highest BCUT2D eigenvalue weighted by molar-refractivity contribution is 6.00. The summed E-state index contributed by atoms with van der Waals surface area (Å²) < 4.78 is 37.0. The van der Waals surface area contributed by atoms with Gasteiger partial charge in [-0.3, -0.25) is 9.59 Å². The molecule has 7 heteroatoms. The van der Waals surface area contributed by atoms with Crippen LogP contribution in [0.2, 0.25) is 0 Å². The number of nitrogens with two attached hydrogens (primary N) is 1. The number of carbonyl (C=O) groups is 2. The number of carbonyl (C=O) groups excluding carboxylic acids is 1. The number of rotatable bonds is 4. The number of hydrogen-bond donors (Lipinski definition) is 2. The van der Waals surface area contributed by atoms with Crippen LogP contribution in [-0.4, -0.2) is 17.0 Å². The summed E-state index contributed by atoms with van der Waals surface area (Å²) in [7, 11) is 0. The number of aliphatic carboxylic acids is 1. The van der Waals surface area contributed by atoms with Crippen LogP contribution in [0.25, 0.3) is 0 Å². The van der Waals surface area contributed by atoms with Crippen LogP contribution in [0.1, 0.15) is 18.1 Å². The molecular weight excluding hydrogens is 263 g/mol. The molecule has 104 valence electrons. The minimum absolute atomic E-state index is 0.268. The van der Waals surface area contributed by atoms with Gasteiger partial charge in [0.2, 0.25) is 5.91 Å². The van der Waals surface area contributed by atoms with Crippen LogP contribution >= 0.6 is 0 Å². The molecule has 0 spiro atoms. The summed E-state index contributed by atoms with van der Waals surface area (Å²) in [6.45, 7) is 1.13. The highest BCUT2D eigenvalue weighted by atomic mass is 19.4. The lowest BCUT2D eigenvalue weighted by molar-refractivity contribution is -0.153. The van der Waals surface area contributed by atoms with Crippen molar-refractivity contribution in [2.45, 2.75) is 19.5 Å². The van der Waals surface area contributed by atoms with Gasteiger partial charge in [0.05, 0.1) is 5.56 Å². The van der Waals surface area contributed by atoms with E-state index in [-0.39, 0.29) is 12.0 Å². The Labute approximate surface area is 107 Å². The zero-order chi connectivity index (χ0) is 14.8. The Morgan fingerprint density at radius 2 is 1.68 bits per heavy atom. The molecule has 0 saturated carbocycles. The molecule has 19 heavy (non-hydrogen) atoms. The molecule has 3 N–H and O–H groups in total. The van der Waals surface area contributed by atoms with Gasteiger partial charge in [-0.15, -0.1) is 0 Å². The van der Waals surface area contributed by atoms with Gasteiger partial charge >= 0.3 is 12.1 Å². The Kier molecular flexibility index (Phi) is 3.88.